The lowest BCUT2D eigenvalue weighted by molar-refractivity contribution is 0.0559. The first-order chi connectivity index (χ1) is 6.58. The molecule has 0 bridgehead atoms. The fourth-order valence-electron chi connectivity index (χ4n) is 2.38. The van der Waals surface area contributed by atoms with Gasteiger partial charge in [0.25, 0.3) is 0 Å². The minimum Gasteiger partial charge on any atom is -0.374 e. The number of nitrogens with one attached hydrogen (secondary N) is 1. The lowest BCUT2D eigenvalue weighted by Crippen LogP contribution is -2.29. The zero-order valence-corrected chi connectivity index (χ0v) is 9.68. The van der Waals surface area contributed by atoms with E-state index in [9.17, 15) is 0 Å². The Balaban J connectivity index is 1.56. The van der Waals surface area contributed by atoms with Gasteiger partial charge in [-0.25, -0.2) is 0 Å². The van der Waals surface area contributed by atoms with E-state index in [0.717, 1.165) is 12.5 Å². The Morgan fingerprint density at radius 2 is 2.00 bits per heavy atom. The van der Waals surface area contributed by atoms with Crippen molar-refractivity contribution in [1.29, 1.82) is 0 Å². The highest BCUT2D eigenvalue weighted by Crippen LogP contribution is 2.50. The van der Waals surface area contributed by atoms with Gasteiger partial charge in [0.1, 0.15) is 0 Å². The monoisotopic (exact) mass is 197 g/mol. The second-order valence-electron chi connectivity index (χ2n) is 5.69. The fraction of sp³-hybridized carbons (Fsp3) is 1.00. The van der Waals surface area contributed by atoms with Gasteiger partial charge in [-0.3, -0.25) is 0 Å². The second kappa shape index (κ2) is 3.82. The molecule has 1 heterocycles. The highest BCUT2D eigenvalue weighted by Gasteiger charge is 2.44. The van der Waals surface area contributed by atoms with Crippen LogP contribution in [0.1, 0.15) is 40.0 Å². The summed E-state index contributed by atoms with van der Waals surface area (Å²) in [5.74, 6) is 0.904. The van der Waals surface area contributed by atoms with Gasteiger partial charge < -0.3 is 10.1 Å². The average molecular weight is 197 g/mol. The van der Waals surface area contributed by atoms with Gasteiger partial charge in [0.2, 0.25) is 0 Å². The van der Waals surface area contributed by atoms with E-state index in [4.69, 9.17) is 4.74 Å². The second-order valence-corrected chi connectivity index (χ2v) is 5.69. The summed E-state index contributed by atoms with van der Waals surface area (Å²) in [4.78, 5) is 0. The summed E-state index contributed by atoms with van der Waals surface area (Å²) >= 11 is 0. The van der Waals surface area contributed by atoms with Crippen LogP contribution in [0.25, 0.3) is 0 Å². The highest BCUT2D eigenvalue weighted by molar-refractivity contribution is 4.96. The Hall–Kier alpha value is -0.0800. The summed E-state index contributed by atoms with van der Waals surface area (Å²) in [6.07, 6.45) is 4.83. The molecule has 0 aromatic rings. The van der Waals surface area contributed by atoms with E-state index in [2.05, 4.69) is 26.1 Å². The molecule has 2 fully saturated rings. The predicted octanol–water partition coefficient (Wildman–Crippen LogP) is 2.19. The number of hydrogen-bond donors (Lipinski definition) is 1. The lowest BCUT2D eigenvalue weighted by Gasteiger charge is -2.12. The summed E-state index contributed by atoms with van der Waals surface area (Å²) in [5.41, 5.74) is 0.608. The van der Waals surface area contributed by atoms with Crippen molar-refractivity contribution in [3.05, 3.63) is 0 Å². The molecule has 1 saturated heterocycles. The van der Waals surface area contributed by atoms with Gasteiger partial charge in [0, 0.05) is 6.54 Å². The van der Waals surface area contributed by atoms with Crippen molar-refractivity contribution in [1.82, 2.24) is 5.32 Å². The third-order valence-corrected chi connectivity index (χ3v) is 3.80. The molecule has 3 atom stereocenters. The van der Waals surface area contributed by atoms with Crippen LogP contribution in [0.5, 0.6) is 0 Å². The Labute approximate surface area is 87.4 Å². The van der Waals surface area contributed by atoms with Crippen molar-refractivity contribution in [3.8, 4) is 0 Å². The van der Waals surface area contributed by atoms with Crippen molar-refractivity contribution < 1.29 is 4.74 Å². The van der Waals surface area contributed by atoms with Crippen molar-refractivity contribution in [2.45, 2.75) is 52.2 Å². The first-order valence-electron chi connectivity index (χ1n) is 5.94. The normalized spacial score (nSPS) is 40.1. The van der Waals surface area contributed by atoms with Gasteiger partial charge in [0.15, 0.2) is 0 Å². The van der Waals surface area contributed by atoms with Crippen LogP contribution in [0.4, 0.5) is 0 Å². The minimum atomic E-state index is 0.479. The van der Waals surface area contributed by atoms with Crippen LogP contribution >= 0.6 is 0 Å². The molecule has 0 radical (unpaired) electrons. The van der Waals surface area contributed by atoms with Crippen molar-refractivity contribution in [2.75, 3.05) is 13.1 Å². The summed E-state index contributed by atoms with van der Waals surface area (Å²) in [5, 5.41) is 3.54. The topological polar surface area (TPSA) is 21.3 Å². The number of ether oxygens (including phenoxy) is 1. The van der Waals surface area contributed by atoms with E-state index in [0.29, 0.717) is 17.6 Å². The summed E-state index contributed by atoms with van der Waals surface area (Å²) in [6.45, 7) is 9.11. The molecule has 1 aliphatic heterocycles. The van der Waals surface area contributed by atoms with Gasteiger partial charge in [-0.05, 0) is 44.1 Å². The molecule has 14 heavy (non-hydrogen) atoms. The molecule has 0 aromatic heterocycles. The summed E-state index contributed by atoms with van der Waals surface area (Å²) < 4.78 is 5.75. The van der Waals surface area contributed by atoms with Crippen LogP contribution < -0.4 is 5.32 Å². The average Bonchev–Trinajstić information content (AvgIpc) is 2.53. The van der Waals surface area contributed by atoms with Crippen LogP contribution in [0.2, 0.25) is 0 Å². The van der Waals surface area contributed by atoms with E-state index in [-0.39, 0.29) is 0 Å². The van der Waals surface area contributed by atoms with Crippen molar-refractivity contribution in [2.24, 2.45) is 11.3 Å². The molecule has 1 N–H and O–H groups in total. The highest BCUT2D eigenvalue weighted by atomic mass is 16.5. The lowest BCUT2D eigenvalue weighted by atomic mass is 10.1. The van der Waals surface area contributed by atoms with Gasteiger partial charge in [-0.15, -0.1) is 0 Å². The van der Waals surface area contributed by atoms with E-state index in [1.165, 1.54) is 25.8 Å². The Bertz CT molecular complexity index is 202. The van der Waals surface area contributed by atoms with Crippen LogP contribution in [0.3, 0.4) is 0 Å². The minimum absolute atomic E-state index is 0.479. The molecule has 1 saturated carbocycles. The van der Waals surface area contributed by atoms with Crippen LogP contribution in [-0.4, -0.2) is 25.3 Å². The van der Waals surface area contributed by atoms with E-state index in [1.807, 2.05) is 0 Å². The number of rotatable bonds is 4. The van der Waals surface area contributed by atoms with Gasteiger partial charge in [-0.1, -0.05) is 13.8 Å². The zero-order valence-electron chi connectivity index (χ0n) is 9.68. The zero-order chi connectivity index (χ0) is 10.2. The van der Waals surface area contributed by atoms with Crippen LogP contribution in [0.15, 0.2) is 0 Å². The molecule has 0 amide bonds. The van der Waals surface area contributed by atoms with Gasteiger partial charge in [-0.2, -0.15) is 0 Å². The van der Waals surface area contributed by atoms with Crippen LogP contribution in [0, 0.1) is 11.3 Å². The molecule has 2 nitrogen and oxygen atoms in total. The molecular formula is C12H23NO. The molecule has 0 aromatic carbocycles. The molecule has 2 aliphatic rings. The molecule has 0 spiro atoms. The van der Waals surface area contributed by atoms with E-state index >= 15 is 0 Å². The van der Waals surface area contributed by atoms with E-state index < -0.39 is 0 Å². The SMILES string of the molecule is CC1CCC(CNCC2CC2(C)C)O1. The molecule has 82 valence electrons. The maximum Gasteiger partial charge on any atom is 0.0704 e. The molecule has 3 unspecified atom stereocenters. The quantitative estimate of drug-likeness (QED) is 0.746. The third-order valence-electron chi connectivity index (χ3n) is 3.80. The largest absolute Gasteiger partial charge is 0.374 e. The standard InChI is InChI=1S/C12H23NO/c1-9-4-5-11(14-9)8-13-7-10-6-12(10,2)3/h9-11,13H,4-8H2,1-3H3. The number of hydrogen-bond acceptors (Lipinski definition) is 2. The molecule has 1 aliphatic carbocycles. The first-order valence-corrected chi connectivity index (χ1v) is 5.94. The molecular weight excluding hydrogens is 174 g/mol. The van der Waals surface area contributed by atoms with E-state index in [1.54, 1.807) is 0 Å². The van der Waals surface area contributed by atoms with Crippen molar-refractivity contribution >= 4 is 0 Å². The van der Waals surface area contributed by atoms with Gasteiger partial charge in [0.05, 0.1) is 12.2 Å². The Morgan fingerprint density at radius 3 is 2.50 bits per heavy atom. The fourth-order valence-corrected chi connectivity index (χ4v) is 2.38. The smallest absolute Gasteiger partial charge is 0.0704 e. The summed E-state index contributed by atoms with van der Waals surface area (Å²) in [7, 11) is 0. The van der Waals surface area contributed by atoms with Crippen molar-refractivity contribution in [3.63, 3.8) is 0 Å². The summed E-state index contributed by atoms with van der Waals surface area (Å²) in [6, 6.07) is 0. The maximum atomic E-state index is 5.75. The predicted molar refractivity (Wildman–Crippen MR) is 58.3 cm³/mol. The first kappa shape index (κ1) is 10.4. The molecule has 2 heteroatoms. The molecule has 2 rings (SSSR count). The van der Waals surface area contributed by atoms with Gasteiger partial charge >= 0.3 is 0 Å². The maximum absolute atomic E-state index is 5.75. The third kappa shape index (κ3) is 2.48. The Morgan fingerprint density at radius 1 is 1.29 bits per heavy atom. The van der Waals surface area contributed by atoms with Crippen LogP contribution in [-0.2, 0) is 4.74 Å². The Kier molecular flexibility index (Phi) is 2.85.